The maximum Gasteiger partial charge on any atom is 0.677 e. The topological polar surface area (TPSA) is 76.8 Å². The zero-order chi connectivity index (χ0) is 39.3. The predicted octanol–water partition coefficient (Wildman–Crippen LogP) is 7.44. The van der Waals surface area contributed by atoms with E-state index in [1.807, 2.05) is 125 Å². The predicted molar refractivity (Wildman–Crippen MR) is 217 cm³/mol. The number of anilines is 1. The molecule has 0 saturated heterocycles. The van der Waals surface area contributed by atoms with Gasteiger partial charge in [0, 0.05) is 87.8 Å². The van der Waals surface area contributed by atoms with Crippen molar-refractivity contribution in [1.29, 1.82) is 0 Å². The van der Waals surface area contributed by atoms with Gasteiger partial charge in [0.2, 0.25) is 5.36 Å². The van der Waals surface area contributed by atoms with Gasteiger partial charge in [-0.1, -0.05) is 30.0 Å². The molecular weight excluding hydrogens is 693 g/mol. The third-order valence-electron chi connectivity index (χ3n) is 9.93. The summed E-state index contributed by atoms with van der Waals surface area (Å²) in [5, 5.41) is 14.5. The highest BCUT2D eigenvalue weighted by atomic mass is 19.2. The number of carbonyl (C=O) groups excluding carboxylic acids is 1. The summed E-state index contributed by atoms with van der Waals surface area (Å²) in [6, 6.07) is 26.0. The third-order valence-corrected chi connectivity index (χ3v) is 9.93. The average Bonchev–Trinajstić information content (AvgIpc) is 3.64. The van der Waals surface area contributed by atoms with Gasteiger partial charge in [-0.15, -0.1) is 0 Å². The lowest BCUT2D eigenvalue weighted by atomic mass is 9.89. The number of carboxylic acids is 1. The Morgan fingerprint density at radius 2 is 1.56 bits per heavy atom. The molecule has 0 N–H and O–H groups in total. The molecule has 0 fully saturated rings. The maximum absolute atomic E-state index is 14.4. The van der Waals surface area contributed by atoms with Crippen LogP contribution in [0.2, 0.25) is 0 Å². The Hall–Kier alpha value is -6.47. The smallest absolute Gasteiger partial charge is 0.545 e. The first-order valence-electron chi connectivity index (χ1n) is 17.8. The number of fused-ring (bicyclic) bond motifs is 2. The zero-order valence-electron chi connectivity index (χ0n) is 32.0. The van der Waals surface area contributed by atoms with Crippen LogP contribution in [0.5, 0.6) is 0 Å². The molecule has 0 spiro atoms. The van der Waals surface area contributed by atoms with Crippen molar-refractivity contribution in [2.75, 3.05) is 33.1 Å². The second-order valence-electron chi connectivity index (χ2n) is 14.3. The van der Waals surface area contributed by atoms with Crippen LogP contribution in [0.1, 0.15) is 57.8 Å². The highest BCUT2D eigenvalue weighted by molar-refractivity contribution is 6.41. The zero-order valence-corrected chi connectivity index (χ0v) is 32.0. The molecule has 7 rings (SSSR count). The number of halogens is 2. The summed E-state index contributed by atoms with van der Waals surface area (Å²) < 4.78 is 38.3. The fourth-order valence-corrected chi connectivity index (χ4v) is 7.29. The van der Waals surface area contributed by atoms with Gasteiger partial charge >= 0.3 is 7.40 Å². The van der Waals surface area contributed by atoms with Crippen molar-refractivity contribution in [3.05, 3.63) is 147 Å². The van der Waals surface area contributed by atoms with Crippen LogP contribution in [0, 0.1) is 25.7 Å². The fraction of sp³-hybridized carbons (Fsp3) is 0.178. The van der Waals surface area contributed by atoms with E-state index in [0.29, 0.717) is 50.7 Å². The van der Waals surface area contributed by atoms with E-state index in [0.717, 1.165) is 54.4 Å². The molecule has 2 aliphatic heterocycles. The fourth-order valence-electron chi connectivity index (χ4n) is 7.29. The minimum atomic E-state index is -2.72. The molecule has 4 aromatic rings. The molecule has 0 saturated carbocycles. The summed E-state index contributed by atoms with van der Waals surface area (Å²) in [5.74, 6) is 5.56. The number of carboxylic acid groups (broad SMARTS) is 1. The molecule has 0 unspecified atom stereocenters. The standard InChI is InChI=1S/C45H39BF2N4O3/c1-26-21-28(3)49-43(26)41(44-27(2)22-29(4)52(44)46(47)48)32-14-11-30(12-15-32)9-10-31-13-18-35(38(23-31)45(53)54)42-36-19-16-33(50(5)6)24-39(36)55-40-25-34(51(7)8)17-20-37(40)42/h11-25H,1-8H3. The van der Waals surface area contributed by atoms with E-state index in [9.17, 15) is 18.5 Å². The van der Waals surface area contributed by atoms with Crippen molar-refractivity contribution in [3.8, 4) is 34.3 Å². The van der Waals surface area contributed by atoms with Crippen LogP contribution in [0.4, 0.5) is 14.3 Å². The number of hydrogen-bond acceptors (Lipinski definition) is 5. The van der Waals surface area contributed by atoms with E-state index in [2.05, 4.69) is 11.8 Å². The highest BCUT2D eigenvalue weighted by Crippen LogP contribution is 2.42. The maximum atomic E-state index is 14.4. The van der Waals surface area contributed by atoms with Gasteiger partial charge in [-0.25, -0.2) is 4.58 Å². The Labute approximate surface area is 319 Å². The van der Waals surface area contributed by atoms with Crippen molar-refractivity contribution >= 4 is 41.3 Å². The summed E-state index contributed by atoms with van der Waals surface area (Å²) in [4.78, 5) is 19.5. The Morgan fingerprint density at radius 3 is 2.20 bits per heavy atom. The van der Waals surface area contributed by atoms with E-state index in [-0.39, 0.29) is 5.56 Å². The number of rotatable bonds is 6. The van der Waals surface area contributed by atoms with Gasteiger partial charge in [0.15, 0.2) is 0 Å². The second kappa shape index (κ2) is 14.4. The van der Waals surface area contributed by atoms with Crippen LogP contribution >= 0.6 is 0 Å². The number of benzene rings is 4. The Bertz CT molecular complexity index is 2750. The summed E-state index contributed by atoms with van der Waals surface area (Å²) in [6.07, 6.45) is 1.94. The van der Waals surface area contributed by atoms with E-state index in [1.54, 1.807) is 25.1 Å². The summed E-state index contributed by atoms with van der Waals surface area (Å²) in [7, 11) is 5.08. The molecule has 274 valence electrons. The van der Waals surface area contributed by atoms with E-state index >= 15 is 0 Å². The van der Waals surface area contributed by atoms with Crippen LogP contribution in [0.25, 0.3) is 39.0 Å². The second-order valence-corrected chi connectivity index (χ2v) is 14.3. The first-order chi connectivity index (χ1) is 26.2. The quantitative estimate of drug-likeness (QED) is 0.0773. The number of aromatic nitrogens is 1. The number of allylic oxidation sites excluding steroid dienone is 2. The minimum absolute atomic E-state index is 0.00381. The first kappa shape index (κ1) is 36.9. The molecule has 0 radical (unpaired) electrons. The van der Waals surface area contributed by atoms with Crippen molar-refractivity contribution < 1.29 is 22.9 Å². The molecule has 3 aliphatic rings. The number of aliphatic imine (C=N–C) groups is 1. The van der Waals surface area contributed by atoms with Gasteiger partial charge in [-0.3, -0.25) is 13.6 Å². The van der Waals surface area contributed by atoms with Crippen LogP contribution in [0.3, 0.4) is 0 Å². The summed E-state index contributed by atoms with van der Waals surface area (Å²) >= 11 is 0. The molecule has 1 aliphatic carbocycles. The molecule has 0 amide bonds. The number of aryl methyl sites for hydroxylation is 2. The van der Waals surface area contributed by atoms with E-state index < -0.39 is 13.4 Å². The first-order valence-corrected chi connectivity index (χ1v) is 17.8. The highest BCUT2D eigenvalue weighted by Gasteiger charge is 2.29. The van der Waals surface area contributed by atoms with Crippen molar-refractivity contribution in [3.63, 3.8) is 0 Å². The Morgan fingerprint density at radius 1 is 0.873 bits per heavy atom. The van der Waals surface area contributed by atoms with Crippen LogP contribution in [-0.2, 0) is 0 Å². The van der Waals surface area contributed by atoms with Crippen molar-refractivity contribution in [1.82, 2.24) is 9.05 Å². The number of carbonyl (C=O) groups is 1. The summed E-state index contributed by atoms with van der Waals surface area (Å²) in [6.45, 7) is 7.32. The van der Waals surface area contributed by atoms with Crippen molar-refractivity contribution in [2.24, 2.45) is 4.99 Å². The third kappa shape index (κ3) is 6.90. The largest absolute Gasteiger partial charge is 0.677 e. The average molecular weight is 733 g/mol. The number of aromatic carboxylic acids is 1. The van der Waals surface area contributed by atoms with Gasteiger partial charge in [0.25, 0.3) is 0 Å². The van der Waals surface area contributed by atoms with Gasteiger partial charge in [0.1, 0.15) is 25.4 Å². The number of hydrogen-bond donors (Lipinski definition) is 0. The van der Waals surface area contributed by atoms with E-state index in [4.69, 9.17) is 9.41 Å². The normalized spacial score (nSPS) is 13.3. The molecule has 0 bridgehead atoms. The minimum Gasteiger partial charge on any atom is -0.545 e. The molecular formula is C45H39BF2N4O3. The molecule has 0 atom stereocenters. The van der Waals surface area contributed by atoms with Gasteiger partial charge < -0.3 is 23.7 Å². The Kier molecular flexibility index (Phi) is 9.66. The molecule has 1 aromatic heterocycles. The summed E-state index contributed by atoms with van der Waals surface area (Å²) in [5.41, 5.74) is 10.0. The Balaban J connectivity index is 1.31. The van der Waals surface area contributed by atoms with Gasteiger partial charge in [-0.05, 0) is 105 Å². The molecule has 10 heteroatoms. The number of nitrogens with zero attached hydrogens (tertiary/aromatic N) is 4. The lowest BCUT2D eigenvalue weighted by Gasteiger charge is -2.20. The lowest BCUT2D eigenvalue weighted by molar-refractivity contribution is -0.254. The molecule has 3 heterocycles. The van der Waals surface area contributed by atoms with Gasteiger partial charge in [0.05, 0.1) is 17.7 Å². The van der Waals surface area contributed by atoms with Crippen LogP contribution < -0.4 is 19.9 Å². The van der Waals surface area contributed by atoms with Gasteiger partial charge in [-0.2, -0.15) is 0 Å². The lowest BCUT2D eigenvalue weighted by Crippen LogP contribution is -2.23. The van der Waals surface area contributed by atoms with Crippen molar-refractivity contribution in [2.45, 2.75) is 27.7 Å². The van der Waals surface area contributed by atoms with E-state index in [1.165, 1.54) is 6.07 Å². The molecule has 55 heavy (non-hydrogen) atoms. The molecule has 7 nitrogen and oxygen atoms in total. The molecule has 3 aromatic carbocycles. The van der Waals surface area contributed by atoms with Crippen LogP contribution in [-0.4, -0.2) is 51.8 Å². The SMILES string of the molecule is CC1=CC(C)=N/C1=C(/c1ccc(C#Cc2ccc(-c3c4ccc(=[N+](C)C)cc-4oc4cc(N(C)C)ccc34)c(C(=O)[O-])c2)cc1)c1c(C)cc(C)n1B(F)F. The van der Waals surface area contributed by atoms with Crippen LogP contribution in [0.15, 0.2) is 112 Å². The monoisotopic (exact) mass is 732 g/mol.